The summed E-state index contributed by atoms with van der Waals surface area (Å²) in [5, 5.41) is 3.26. The molecule has 0 radical (unpaired) electrons. The zero-order valence-corrected chi connectivity index (χ0v) is 8.17. The minimum Gasteiger partial charge on any atom is -0.353 e. The molecule has 1 aromatic rings. The molecular formula is C10H13ClN2. The van der Waals surface area contributed by atoms with Gasteiger partial charge in [0.1, 0.15) is 5.50 Å². The van der Waals surface area contributed by atoms with E-state index < -0.39 is 0 Å². The van der Waals surface area contributed by atoms with Crippen LogP contribution < -0.4 is 10.2 Å². The van der Waals surface area contributed by atoms with Crippen LogP contribution in [0.15, 0.2) is 30.3 Å². The molecule has 2 rings (SSSR count). The Morgan fingerprint density at radius 1 is 1.31 bits per heavy atom. The molecule has 0 unspecified atom stereocenters. The van der Waals surface area contributed by atoms with Crippen molar-refractivity contribution < 1.29 is 0 Å². The summed E-state index contributed by atoms with van der Waals surface area (Å²) in [6, 6.07) is 10.3. The van der Waals surface area contributed by atoms with Crippen LogP contribution in [0, 0.1) is 0 Å². The Morgan fingerprint density at radius 3 is 2.77 bits per heavy atom. The molecule has 1 aliphatic rings. The third-order valence-corrected chi connectivity index (χ3v) is 2.66. The Morgan fingerprint density at radius 2 is 2.08 bits per heavy atom. The first-order valence-corrected chi connectivity index (χ1v) is 4.98. The van der Waals surface area contributed by atoms with Crippen LogP contribution in [0.4, 0.5) is 5.69 Å². The zero-order chi connectivity index (χ0) is 9.10. The van der Waals surface area contributed by atoms with Gasteiger partial charge in [0.2, 0.25) is 0 Å². The fourth-order valence-electron chi connectivity index (χ4n) is 1.58. The molecular weight excluding hydrogens is 184 g/mol. The van der Waals surface area contributed by atoms with E-state index in [9.17, 15) is 0 Å². The van der Waals surface area contributed by atoms with E-state index in [0.29, 0.717) is 0 Å². The summed E-state index contributed by atoms with van der Waals surface area (Å²) in [7, 11) is 0. The van der Waals surface area contributed by atoms with Gasteiger partial charge in [0, 0.05) is 25.3 Å². The molecule has 3 heteroatoms. The van der Waals surface area contributed by atoms with Crippen LogP contribution in [0.2, 0.25) is 0 Å². The van der Waals surface area contributed by atoms with Crippen LogP contribution in [0.5, 0.6) is 0 Å². The van der Waals surface area contributed by atoms with E-state index in [1.807, 2.05) is 18.2 Å². The number of benzene rings is 1. The van der Waals surface area contributed by atoms with Crippen molar-refractivity contribution in [2.45, 2.75) is 5.50 Å². The Balaban J connectivity index is 2.15. The summed E-state index contributed by atoms with van der Waals surface area (Å²) in [5.74, 6) is 0. The van der Waals surface area contributed by atoms with Crippen LogP contribution >= 0.6 is 11.6 Å². The second-order valence-corrected chi connectivity index (χ2v) is 3.67. The summed E-state index contributed by atoms with van der Waals surface area (Å²) >= 11 is 6.18. The maximum absolute atomic E-state index is 6.18. The minimum absolute atomic E-state index is 0.0798. The average Bonchev–Trinajstić information content (AvgIpc) is 2.20. The molecule has 1 saturated heterocycles. The Labute approximate surface area is 83.5 Å². The Kier molecular flexibility index (Phi) is 2.71. The molecule has 1 atom stereocenters. The van der Waals surface area contributed by atoms with Crippen LogP contribution in [0.1, 0.15) is 0 Å². The van der Waals surface area contributed by atoms with Gasteiger partial charge in [-0.2, -0.15) is 0 Å². The van der Waals surface area contributed by atoms with E-state index in [4.69, 9.17) is 11.6 Å². The van der Waals surface area contributed by atoms with Crippen molar-refractivity contribution in [3.8, 4) is 0 Å². The highest BCUT2D eigenvalue weighted by Gasteiger charge is 2.19. The third-order valence-electron chi connectivity index (χ3n) is 2.27. The third kappa shape index (κ3) is 1.95. The molecule has 0 aliphatic carbocycles. The van der Waals surface area contributed by atoms with Gasteiger partial charge in [-0.1, -0.05) is 29.8 Å². The maximum Gasteiger partial charge on any atom is 0.116 e. The number of piperazine rings is 1. The number of para-hydroxylation sites is 1. The van der Waals surface area contributed by atoms with Crippen molar-refractivity contribution in [3.05, 3.63) is 30.3 Å². The lowest BCUT2D eigenvalue weighted by Gasteiger charge is -2.34. The van der Waals surface area contributed by atoms with Crippen LogP contribution in [0.3, 0.4) is 0 Å². The molecule has 2 nitrogen and oxygen atoms in total. The predicted octanol–water partition coefficient (Wildman–Crippen LogP) is 1.66. The second-order valence-electron chi connectivity index (χ2n) is 3.17. The summed E-state index contributed by atoms with van der Waals surface area (Å²) < 4.78 is 0. The smallest absolute Gasteiger partial charge is 0.116 e. The van der Waals surface area contributed by atoms with Crippen molar-refractivity contribution in [2.75, 3.05) is 24.5 Å². The van der Waals surface area contributed by atoms with Crippen molar-refractivity contribution in [3.63, 3.8) is 0 Å². The summed E-state index contributed by atoms with van der Waals surface area (Å²) in [5.41, 5.74) is 1.29. The van der Waals surface area contributed by atoms with E-state index in [0.717, 1.165) is 19.6 Å². The molecule has 0 saturated carbocycles. The van der Waals surface area contributed by atoms with Crippen molar-refractivity contribution >= 4 is 17.3 Å². The highest BCUT2D eigenvalue weighted by Crippen LogP contribution is 2.19. The van der Waals surface area contributed by atoms with Gasteiger partial charge in [-0.3, -0.25) is 0 Å². The minimum atomic E-state index is 0.0798. The standard InChI is InChI=1S/C10H13ClN2/c11-10-8-12-6-7-13(10)9-4-2-1-3-5-9/h1-5,10,12H,6-8H2/t10-/m0/s1. The number of anilines is 1. The zero-order valence-electron chi connectivity index (χ0n) is 7.41. The van der Waals surface area contributed by atoms with E-state index in [-0.39, 0.29) is 5.50 Å². The fourth-order valence-corrected chi connectivity index (χ4v) is 1.90. The first-order valence-electron chi connectivity index (χ1n) is 4.54. The van der Waals surface area contributed by atoms with Gasteiger partial charge < -0.3 is 10.2 Å². The average molecular weight is 197 g/mol. The molecule has 13 heavy (non-hydrogen) atoms. The highest BCUT2D eigenvalue weighted by molar-refractivity contribution is 6.22. The molecule has 0 amide bonds. The summed E-state index contributed by atoms with van der Waals surface area (Å²) in [6.07, 6.45) is 0. The molecule has 1 aliphatic heterocycles. The Bertz CT molecular complexity index is 263. The Hall–Kier alpha value is -0.730. The molecule has 70 valence electrons. The quantitative estimate of drug-likeness (QED) is 0.543. The van der Waals surface area contributed by atoms with Gasteiger partial charge in [0.15, 0.2) is 0 Å². The van der Waals surface area contributed by atoms with Gasteiger partial charge in [-0.15, -0.1) is 0 Å². The molecule has 1 N–H and O–H groups in total. The number of nitrogens with zero attached hydrogens (tertiary/aromatic N) is 1. The lowest BCUT2D eigenvalue weighted by molar-refractivity contribution is 0.559. The second kappa shape index (κ2) is 3.99. The van der Waals surface area contributed by atoms with Crippen molar-refractivity contribution in [1.29, 1.82) is 0 Å². The highest BCUT2D eigenvalue weighted by atomic mass is 35.5. The van der Waals surface area contributed by atoms with Gasteiger partial charge in [0.05, 0.1) is 0 Å². The maximum atomic E-state index is 6.18. The summed E-state index contributed by atoms with van der Waals surface area (Å²) in [6.45, 7) is 2.85. The number of hydrogen-bond donors (Lipinski definition) is 1. The fraction of sp³-hybridized carbons (Fsp3) is 0.400. The number of rotatable bonds is 1. The van der Waals surface area contributed by atoms with Crippen molar-refractivity contribution in [2.24, 2.45) is 0 Å². The van der Waals surface area contributed by atoms with E-state index in [1.165, 1.54) is 5.69 Å². The number of hydrogen-bond acceptors (Lipinski definition) is 2. The first-order chi connectivity index (χ1) is 6.38. The normalized spacial score (nSPS) is 23.2. The molecule has 0 bridgehead atoms. The molecule has 0 aromatic heterocycles. The van der Waals surface area contributed by atoms with Gasteiger partial charge in [0.25, 0.3) is 0 Å². The largest absolute Gasteiger partial charge is 0.353 e. The number of halogens is 1. The van der Waals surface area contributed by atoms with E-state index in [2.05, 4.69) is 22.3 Å². The van der Waals surface area contributed by atoms with E-state index in [1.54, 1.807) is 0 Å². The van der Waals surface area contributed by atoms with Gasteiger partial charge >= 0.3 is 0 Å². The van der Waals surface area contributed by atoms with Gasteiger partial charge in [-0.25, -0.2) is 0 Å². The first kappa shape index (κ1) is 8.85. The topological polar surface area (TPSA) is 15.3 Å². The lowest BCUT2D eigenvalue weighted by Crippen LogP contribution is -2.48. The number of alkyl halides is 1. The van der Waals surface area contributed by atoms with Crippen LogP contribution in [0.25, 0.3) is 0 Å². The molecule has 0 spiro atoms. The van der Waals surface area contributed by atoms with Crippen LogP contribution in [-0.4, -0.2) is 25.1 Å². The predicted molar refractivity (Wildman–Crippen MR) is 56.3 cm³/mol. The lowest BCUT2D eigenvalue weighted by atomic mass is 10.2. The molecule has 1 aromatic carbocycles. The van der Waals surface area contributed by atoms with Crippen LogP contribution in [-0.2, 0) is 0 Å². The monoisotopic (exact) mass is 196 g/mol. The van der Waals surface area contributed by atoms with Gasteiger partial charge in [-0.05, 0) is 12.1 Å². The van der Waals surface area contributed by atoms with Crippen molar-refractivity contribution in [1.82, 2.24) is 5.32 Å². The molecule has 1 fully saturated rings. The van der Waals surface area contributed by atoms with E-state index >= 15 is 0 Å². The molecule has 1 heterocycles. The summed E-state index contributed by atoms with van der Waals surface area (Å²) in [4.78, 5) is 2.22. The SMILES string of the molecule is Cl[C@@H]1CNCCN1c1ccccc1. The number of nitrogens with one attached hydrogen (secondary N) is 1.